The van der Waals surface area contributed by atoms with E-state index in [0.717, 1.165) is 11.1 Å². The molecule has 3 heterocycles. The number of nitrogens with zero attached hydrogens (tertiary/aromatic N) is 3. The van der Waals surface area contributed by atoms with Crippen molar-refractivity contribution < 1.29 is 13.6 Å². The zero-order chi connectivity index (χ0) is 18.1. The molecule has 4 aromatic rings. The second kappa shape index (κ2) is 6.32. The zero-order valence-electron chi connectivity index (χ0n) is 13.7. The third-order valence-electron chi connectivity index (χ3n) is 3.84. The molecule has 0 unspecified atom stereocenters. The standard InChI is InChI=1S/C18H14FN5O2/c1-20-13-7-11-10-24(23-17(11)21-9-13)15-8-12(4-5-14(15)19)22-18(25)16-3-2-6-26-16/h2-10,20H,1H3,(H,22,25). The van der Waals surface area contributed by atoms with Crippen LogP contribution >= 0.6 is 0 Å². The molecule has 0 saturated heterocycles. The van der Waals surface area contributed by atoms with E-state index in [9.17, 15) is 9.18 Å². The van der Waals surface area contributed by atoms with Crippen LogP contribution in [-0.2, 0) is 0 Å². The van der Waals surface area contributed by atoms with Crippen molar-refractivity contribution in [1.82, 2.24) is 14.8 Å². The molecular weight excluding hydrogens is 337 g/mol. The zero-order valence-corrected chi connectivity index (χ0v) is 13.7. The maximum Gasteiger partial charge on any atom is 0.291 e. The maximum absolute atomic E-state index is 14.3. The highest BCUT2D eigenvalue weighted by atomic mass is 19.1. The van der Waals surface area contributed by atoms with Crippen LogP contribution in [0.2, 0.25) is 0 Å². The van der Waals surface area contributed by atoms with E-state index < -0.39 is 11.7 Å². The summed E-state index contributed by atoms with van der Waals surface area (Å²) in [6, 6.07) is 9.27. The van der Waals surface area contributed by atoms with Gasteiger partial charge in [0.2, 0.25) is 0 Å². The number of benzene rings is 1. The van der Waals surface area contributed by atoms with E-state index in [1.54, 1.807) is 31.6 Å². The maximum atomic E-state index is 14.3. The van der Waals surface area contributed by atoms with Crippen LogP contribution in [0.25, 0.3) is 16.7 Å². The van der Waals surface area contributed by atoms with Gasteiger partial charge < -0.3 is 15.1 Å². The molecule has 130 valence electrons. The lowest BCUT2D eigenvalue weighted by Crippen LogP contribution is -2.11. The van der Waals surface area contributed by atoms with Crippen molar-refractivity contribution >= 4 is 28.3 Å². The SMILES string of the molecule is CNc1cnc2nn(-c3cc(NC(=O)c4ccco4)ccc3F)cc2c1. The van der Waals surface area contributed by atoms with Gasteiger partial charge in [-0.1, -0.05) is 0 Å². The quantitative estimate of drug-likeness (QED) is 0.588. The number of aromatic nitrogens is 3. The number of carbonyl (C=O) groups excluding carboxylic acids is 1. The second-order valence-electron chi connectivity index (χ2n) is 5.56. The Kier molecular flexibility index (Phi) is 3.85. The van der Waals surface area contributed by atoms with Gasteiger partial charge in [-0.15, -0.1) is 5.10 Å². The summed E-state index contributed by atoms with van der Waals surface area (Å²) >= 11 is 0. The van der Waals surface area contributed by atoms with E-state index >= 15 is 0 Å². The van der Waals surface area contributed by atoms with Gasteiger partial charge in [0.25, 0.3) is 5.91 Å². The molecule has 8 heteroatoms. The smallest absolute Gasteiger partial charge is 0.291 e. The van der Waals surface area contributed by atoms with Gasteiger partial charge in [0.1, 0.15) is 11.5 Å². The lowest BCUT2D eigenvalue weighted by atomic mass is 10.2. The van der Waals surface area contributed by atoms with Gasteiger partial charge in [0.15, 0.2) is 11.4 Å². The van der Waals surface area contributed by atoms with Crippen LogP contribution in [0.15, 0.2) is 59.5 Å². The van der Waals surface area contributed by atoms with Crippen LogP contribution in [0.4, 0.5) is 15.8 Å². The molecular formula is C18H14FN5O2. The van der Waals surface area contributed by atoms with Crippen molar-refractivity contribution in [2.75, 3.05) is 17.7 Å². The van der Waals surface area contributed by atoms with E-state index in [2.05, 4.69) is 20.7 Å². The Hall–Kier alpha value is -3.68. The molecule has 0 aliphatic heterocycles. The Morgan fingerprint density at radius 1 is 1.23 bits per heavy atom. The van der Waals surface area contributed by atoms with E-state index in [1.807, 2.05) is 6.07 Å². The summed E-state index contributed by atoms with van der Waals surface area (Å²) in [5, 5.41) is 10.7. The average Bonchev–Trinajstić information content (AvgIpc) is 3.32. The molecule has 2 N–H and O–H groups in total. The number of rotatable bonds is 4. The lowest BCUT2D eigenvalue weighted by Gasteiger charge is -2.07. The third kappa shape index (κ3) is 2.88. The molecule has 0 atom stereocenters. The minimum absolute atomic E-state index is 0.171. The Labute approximate surface area is 147 Å². The van der Waals surface area contributed by atoms with Gasteiger partial charge >= 0.3 is 0 Å². The van der Waals surface area contributed by atoms with Crippen molar-refractivity contribution in [2.24, 2.45) is 0 Å². The fourth-order valence-electron chi connectivity index (χ4n) is 2.54. The Balaban J connectivity index is 1.69. The molecule has 0 saturated carbocycles. The Morgan fingerprint density at radius 2 is 2.12 bits per heavy atom. The molecule has 1 amide bonds. The molecule has 0 radical (unpaired) electrons. The number of hydrogen-bond donors (Lipinski definition) is 2. The number of anilines is 2. The number of amides is 1. The lowest BCUT2D eigenvalue weighted by molar-refractivity contribution is 0.0996. The minimum atomic E-state index is -0.470. The van der Waals surface area contributed by atoms with Crippen LogP contribution in [0.3, 0.4) is 0 Å². The summed E-state index contributed by atoms with van der Waals surface area (Å²) in [5.74, 6) is -0.717. The van der Waals surface area contributed by atoms with Crippen LogP contribution in [0, 0.1) is 5.82 Å². The van der Waals surface area contributed by atoms with Gasteiger partial charge in [-0.2, -0.15) is 0 Å². The molecule has 7 nitrogen and oxygen atoms in total. The summed E-state index contributed by atoms with van der Waals surface area (Å²) in [6.45, 7) is 0. The summed E-state index contributed by atoms with van der Waals surface area (Å²) in [5.41, 5.74) is 1.95. The predicted octanol–water partition coefficient (Wildman–Crippen LogP) is 3.45. The monoisotopic (exact) mass is 351 g/mol. The number of furan rings is 1. The molecule has 0 aliphatic carbocycles. The van der Waals surface area contributed by atoms with Gasteiger partial charge in [-0.05, 0) is 36.4 Å². The Morgan fingerprint density at radius 3 is 2.88 bits per heavy atom. The van der Waals surface area contributed by atoms with E-state index in [0.29, 0.717) is 11.3 Å². The molecule has 4 rings (SSSR count). The van der Waals surface area contributed by atoms with Crippen LogP contribution < -0.4 is 10.6 Å². The molecule has 1 aromatic carbocycles. The first kappa shape index (κ1) is 15.8. The van der Waals surface area contributed by atoms with E-state index in [1.165, 1.54) is 29.1 Å². The summed E-state index contributed by atoms with van der Waals surface area (Å²) < 4.78 is 20.8. The number of halogens is 1. The van der Waals surface area contributed by atoms with E-state index in [4.69, 9.17) is 4.42 Å². The molecule has 0 fully saturated rings. The van der Waals surface area contributed by atoms with Crippen LogP contribution in [-0.4, -0.2) is 27.7 Å². The Bertz CT molecular complexity index is 1090. The molecule has 0 spiro atoms. The fraction of sp³-hybridized carbons (Fsp3) is 0.0556. The van der Waals surface area contributed by atoms with Gasteiger partial charge in [0.05, 0.1) is 18.1 Å². The summed E-state index contributed by atoms with van der Waals surface area (Å²) in [7, 11) is 1.79. The molecule has 26 heavy (non-hydrogen) atoms. The number of hydrogen-bond acceptors (Lipinski definition) is 5. The normalized spacial score (nSPS) is 10.8. The number of pyridine rings is 1. The summed E-state index contributed by atoms with van der Waals surface area (Å²) in [4.78, 5) is 16.3. The highest BCUT2D eigenvalue weighted by molar-refractivity contribution is 6.02. The number of carbonyl (C=O) groups is 1. The molecule has 0 bridgehead atoms. The van der Waals surface area contributed by atoms with Crippen molar-refractivity contribution in [3.05, 3.63) is 66.6 Å². The largest absolute Gasteiger partial charge is 0.459 e. The average molecular weight is 351 g/mol. The number of nitrogens with one attached hydrogen (secondary N) is 2. The van der Waals surface area contributed by atoms with Crippen molar-refractivity contribution in [3.8, 4) is 5.69 Å². The molecule has 3 aromatic heterocycles. The minimum Gasteiger partial charge on any atom is -0.459 e. The van der Waals surface area contributed by atoms with E-state index in [-0.39, 0.29) is 11.4 Å². The number of fused-ring (bicyclic) bond motifs is 1. The molecule has 0 aliphatic rings. The topological polar surface area (TPSA) is 85.0 Å². The highest BCUT2D eigenvalue weighted by Crippen LogP contribution is 2.22. The van der Waals surface area contributed by atoms with Crippen molar-refractivity contribution in [3.63, 3.8) is 0 Å². The first-order chi connectivity index (χ1) is 12.6. The first-order valence-electron chi connectivity index (χ1n) is 7.82. The predicted molar refractivity (Wildman–Crippen MR) is 95.0 cm³/mol. The van der Waals surface area contributed by atoms with Crippen molar-refractivity contribution in [2.45, 2.75) is 0 Å². The van der Waals surface area contributed by atoms with Gasteiger partial charge in [0, 0.05) is 24.3 Å². The first-order valence-corrected chi connectivity index (χ1v) is 7.82. The highest BCUT2D eigenvalue weighted by Gasteiger charge is 2.13. The third-order valence-corrected chi connectivity index (χ3v) is 3.84. The van der Waals surface area contributed by atoms with Gasteiger partial charge in [-0.25, -0.2) is 14.1 Å². The van der Waals surface area contributed by atoms with Gasteiger partial charge in [-0.3, -0.25) is 4.79 Å². The summed E-state index contributed by atoms with van der Waals surface area (Å²) in [6.07, 6.45) is 4.74. The van der Waals surface area contributed by atoms with Crippen molar-refractivity contribution in [1.29, 1.82) is 0 Å². The van der Waals surface area contributed by atoms with Crippen LogP contribution in [0.1, 0.15) is 10.6 Å². The van der Waals surface area contributed by atoms with Crippen LogP contribution in [0.5, 0.6) is 0 Å². The fourth-order valence-corrected chi connectivity index (χ4v) is 2.54. The second-order valence-corrected chi connectivity index (χ2v) is 5.56.